The molecule has 8 nitrogen and oxygen atoms in total. The lowest BCUT2D eigenvalue weighted by atomic mass is 10.0. The van der Waals surface area contributed by atoms with E-state index in [1.54, 1.807) is 18.2 Å². The molecule has 0 spiro atoms. The van der Waals surface area contributed by atoms with Gasteiger partial charge in [0.25, 0.3) is 5.91 Å². The molecule has 0 fully saturated rings. The molecule has 218 valence electrons. The van der Waals surface area contributed by atoms with Crippen molar-refractivity contribution in [3.05, 3.63) is 105 Å². The first-order valence-corrected chi connectivity index (χ1v) is 13.2. The molecule has 0 unspecified atom stereocenters. The van der Waals surface area contributed by atoms with Crippen molar-refractivity contribution in [2.75, 3.05) is 6.79 Å². The van der Waals surface area contributed by atoms with Gasteiger partial charge in [-0.1, -0.05) is 35.3 Å². The van der Waals surface area contributed by atoms with E-state index in [1.165, 1.54) is 42.5 Å². The lowest BCUT2D eigenvalue weighted by Crippen LogP contribution is -2.20. The molecule has 0 atom stereocenters. The van der Waals surface area contributed by atoms with Crippen LogP contribution in [0.5, 0.6) is 17.2 Å². The summed E-state index contributed by atoms with van der Waals surface area (Å²) in [4.78, 5) is 25.4. The maximum Gasteiger partial charge on any atom is 0.417 e. The van der Waals surface area contributed by atoms with Gasteiger partial charge in [0.05, 0.1) is 27.2 Å². The van der Waals surface area contributed by atoms with Crippen molar-refractivity contribution in [1.82, 2.24) is 9.78 Å². The van der Waals surface area contributed by atoms with Crippen LogP contribution in [0.15, 0.2) is 72.8 Å². The van der Waals surface area contributed by atoms with Crippen molar-refractivity contribution in [2.24, 2.45) is 0 Å². The van der Waals surface area contributed by atoms with Gasteiger partial charge in [-0.05, 0) is 66.2 Å². The third-order valence-electron chi connectivity index (χ3n) is 6.68. The van der Waals surface area contributed by atoms with Gasteiger partial charge in [0.2, 0.25) is 6.79 Å². The number of fused-ring (bicyclic) bond motifs is 2. The number of hydrogen-bond acceptors (Lipinski definition) is 6. The number of alkyl halides is 3. The smallest absolute Gasteiger partial charge is 0.417 e. The summed E-state index contributed by atoms with van der Waals surface area (Å²) in [6, 6.07) is 16.7. The van der Waals surface area contributed by atoms with Crippen molar-refractivity contribution < 1.29 is 42.1 Å². The molecule has 0 saturated heterocycles. The Kier molecular flexibility index (Phi) is 7.15. The summed E-state index contributed by atoms with van der Waals surface area (Å²) >= 11 is 12.4. The summed E-state index contributed by atoms with van der Waals surface area (Å²) in [7, 11) is 0. The second kappa shape index (κ2) is 10.8. The zero-order valence-electron chi connectivity index (χ0n) is 21.6. The van der Waals surface area contributed by atoms with Crippen LogP contribution in [-0.4, -0.2) is 33.6 Å². The van der Waals surface area contributed by atoms with Gasteiger partial charge in [-0.15, -0.1) is 0 Å². The van der Waals surface area contributed by atoms with Crippen molar-refractivity contribution in [3.63, 3.8) is 0 Å². The highest BCUT2D eigenvalue weighted by Gasteiger charge is 2.37. The summed E-state index contributed by atoms with van der Waals surface area (Å²) < 4.78 is 59.2. The number of nitrogens with zero attached hydrogens (tertiary/aromatic N) is 2. The lowest BCUT2D eigenvalue weighted by molar-refractivity contribution is -0.137. The number of carboxylic acid groups (broad SMARTS) is 1. The molecule has 4 aromatic carbocycles. The Balaban J connectivity index is 1.48. The average Bonchev–Trinajstić information content (AvgIpc) is 3.59. The Bertz CT molecular complexity index is 1940. The summed E-state index contributed by atoms with van der Waals surface area (Å²) in [6.07, 6.45) is -4.87. The summed E-state index contributed by atoms with van der Waals surface area (Å²) in [5.74, 6) is -1.15. The van der Waals surface area contributed by atoms with Gasteiger partial charge in [0, 0.05) is 16.0 Å². The molecule has 1 N–H and O–H groups in total. The molecular weight excluding hydrogens is 612 g/mol. The first kappa shape index (κ1) is 28.4. The minimum atomic E-state index is -4.87. The van der Waals surface area contributed by atoms with Crippen LogP contribution < -0.4 is 14.2 Å². The number of aromatic carboxylic acids is 1. The Morgan fingerprint density at radius 2 is 1.77 bits per heavy atom. The number of hydrogen-bond donors (Lipinski definition) is 1. The Morgan fingerprint density at radius 3 is 2.53 bits per heavy atom. The number of halogens is 5. The molecule has 0 bridgehead atoms. The quantitative estimate of drug-likeness (QED) is 0.205. The van der Waals surface area contributed by atoms with Gasteiger partial charge < -0.3 is 19.3 Å². The minimum Gasteiger partial charge on any atom is -0.488 e. The number of aromatic nitrogens is 2. The highest BCUT2D eigenvalue weighted by Crippen LogP contribution is 2.40. The van der Waals surface area contributed by atoms with Crippen LogP contribution in [0.4, 0.5) is 13.2 Å². The highest BCUT2D eigenvalue weighted by atomic mass is 35.5. The lowest BCUT2D eigenvalue weighted by Gasteiger charge is -2.13. The third kappa shape index (κ3) is 5.33. The maximum absolute atomic E-state index is 13.9. The van der Waals surface area contributed by atoms with Crippen molar-refractivity contribution in [3.8, 4) is 28.5 Å². The van der Waals surface area contributed by atoms with Crippen LogP contribution in [0.25, 0.3) is 22.2 Å². The standard InChI is InChI=1S/C30H17Cl2F3N2O6/c31-17-6-8-22-19(12-17)27(36-37(22)28(38)26-20(30(33,34)35)2-1-3-21(26)32)18-7-5-16(29(39)40)11-24(18)41-13-15-4-9-23-25(10-15)43-14-42-23/h1-12H,13-14H2,(H,39,40). The molecule has 0 saturated carbocycles. The molecule has 13 heteroatoms. The van der Waals surface area contributed by atoms with E-state index in [-0.39, 0.29) is 46.5 Å². The van der Waals surface area contributed by atoms with Crippen LogP contribution in [0.1, 0.15) is 31.8 Å². The Hall–Kier alpha value is -4.74. The van der Waals surface area contributed by atoms with Gasteiger partial charge in [-0.25, -0.2) is 4.79 Å². The van der Waals surface area contributed by atoms with E-state index in [1.807, 2.05) is 0 Å². The van der Waals surface area contributed by atoms with Crippen molar-refractivity contribution in [2.45, 2.75) is 12.8 Å². The molecule has 5 aromatic rings. The zero-order valence-corrected chi connectivity index (χ0v) is 23.1. The fraction of sp³-hybridized carbons (Fsp3) is 0.100. The molecule has 0 amide bonds. The van der Waals surface area contributed by atoms with E-state index < -0.39 is 34.2 Å². The Labute approximate surface area is 250 Å². The number of benzene rings is 4. The second-order valence-corrected chi connectivity index (χ2v) is 10.2. The van der Waals surface area contributed by atoms with Crippen LogP contribution in [0.2, 0.25) is 10.0 Å². The average molecular weight is 629 g/mol. The van der Waals surface area contributed by atoms with Gasteiger partial charge in [0.1, 0.15) is 18.1 Å². The predicted octanol–water partition coefficient (Wildman–Crippen LogP) is 7.72. The monoisotopic (exact) mass is 628 g/mol. The molecule has 1 aliphatic rings. The molecular formula is C30H17Cl2F3N2O6. The SMILES string of the molecule is O=C(O)c1ccc(-c2nn(C(=O)c3c(Cl)cccc3C(F)(F)F)c3ccc(Cl)cc23)c(OCc2ccc3c(c2)OCO3)c1. The van der Waals surface area contributed by atoms with Crippen molar-refractivity contribution in [1.29, 1.82) is 0 Å². The third-order valence-corrected chi connectivity index (χ3v) is 7.23. The van der Waals surface area contributed by atoms with E-state index in [0.717, 1.165) is 16.8 Å². The van der Waals surface area contributed by atoms with E-state index in [2.05, 4.69) is 5.10 Å². The number of carbonyl (C=O) groups excluding carboxylic acids is 1. The van der Waals surface area contributed by atoms with Crippen LogP contribution in [0.3, 0.4) is 0 Å². The number of ether oxygens (including phenoxy) is 3. The topological polar surface area (TPSA) is 99.9 Å². The van der Waals surface area contributed by atoms with Gasteiger partial charge in [-0.2, -0.15) is 23.0 Å². The molecule has 6 rings (SSSR count). The first-order chi connectivity index (χ1) is 20.5. The van der Waals surface area contributed by atoms with Gasteiger partial charge in [0.15, 0.2) is 11.5 Å². The molecule has 1 aliphatic heterocycles. The van der Waals surface area contributed by atoms with Crippen LogP contribution >= 0.6 is 23.2 Å². The molecule has 1 aromatic heterocycles. The summed E-state index contributed by atoms with van der Waals surface area (Å²) in [5, 5.41) is 14.2. The van der Waals surface area contributed by atoms with E-state index >= 15 is 0 Å². The fourth-order valence-corrected chi connectivity index (χ4v) is 5.12. The zero-order chi connectivity index (χ0) is 30.5. The maximum atomic E-state index is 13.9. The predicted molar refractivity (Wildman–Crippen MR) is 150 cm³/mol. The van der Waals surface area contributed by atoms with E-state index in [4.69, 9.17) is 37.4 Å². The van der Waals surface area contributed by atoms with Crippen LogP contribution in [-0.2, 0) is 12.8 Å². The molecule has 43 heavy (non-hydrogen) atoms. The number of carboxylic acids is 1. The minimum absolute atomic E-state index is 0.0143. The second-order valence-electron chi connectivity index (χ2n) is 9.38. The molecule has 0 radical (unpaired) electrons. The van der Waals surface area contributed by atoms with E-state index in [0.29, 0.717) is 22.4 Å². The fourth-order valence-electron chi connectivity index (χ4n) is 4.69. The summed E-state index contributed by atoms with van der Waals surface area (Å²) in [6.45, 7) is 0.0692. The van der Waals surface area contributed by atoms with Gasteiger partial charge in [-0.3, -0.25) is 4.79 Å². The van der Waals surface area contributed by atoms with Crippen LogP contribution in [0, 0.1) is 0 Å². The number of rotatable bonds is 6. The largest absolute Gasteiger partial charge is 0.488 e. The molecule has 0 aliphatic carbocycles. The first-order valence-electron chi connectivity index (χ1n) is 12.5. The summed E-state index contributed by atoms with van der Waals surface area (Å²) in [5.41, 5.74) is -0.882. The van der Waals surface area contributed by atoms with Crippen molar-refractivity contribution >= 4 is 46.0 Å². The Morgan fingerprint density at radius 1 is 0.977 bits per heavy atom. The normalized spacial score (nSPS) is 12.5. The van der Waals surface area contributed by atoms with Gasteiger partial charge >= 0.3 is 12.1 Å². The van der Waals surface area contributed by atoms with E-state index in [9.17, 15) is 27.9 Å². The molecule has 2 heterocycles. The highest BCUT2D eigenvalue weighted by molar-refractivity contribution is 6.34. The number of carbonyl (C=O) groups is 2.